The van der Waals surface area contributed by atoms with Crippen molar-refractivity contribution in [3.8, 4) is 0 Å². The van der Waals surface area contributed by atoms with Crippen LogP contribution in [0.1, 0.15) is 68.9 Å². The van der Waals surface area contributed by atoms with Crippen LogP contribution in [0, 0.1) is 11.8 Å². The lowest BCUT2D eigenvalue weighted by Gasteiger charge is -2.27. The lowest BCUT2D eigenvalue weighted by molar-refractivity contribution is -0.124. The molecule has 27 heavy (non-hydrogen) atoms. The number of esters is 1. The average molecular weight is 396 g/mol. The molecule has 0 radical (unpaired) electrons. The monoisotopic (exact) mass is 395 g/mol. The molecule has 0 bridgehead atoms. The van der Waals surface area contributed by atoms with Gasteiger partial charge in [0.2, 0.25) is 5.91 Å². The Hall–Kier alpha value is -2.12. The van der Waals surface area contributed by atoms with Gasteiger partial charge in [0, 0.05) is 22.3 Å². The number of nitrogens with one attached hydrogen (secondary N) is 1. The maximum Gasteiger partial charge on any atom is 0.357 e. The quantitative estimate of drug-likeness (QED) is 0.275. The van der Waals surface area contributed by atoms with Crippen LogP contribution in [0.3, 0.4) is 0 Å². The summed E-state index contributed by atoms with van der Waals surface area (Å²) in [5.41, 5.74) is 9.07. The highest BCUT2D eigenvalue weighted by Gasteiger charge is 2.28. The molecule has 1 aromatic rings. The van der Waals surface area contributed by atoms with Gasteiger partial charge >= 0.3 is 5.97 Å². The van der Waals surface area contributed by atoms with Crippen LogP contribution in [0.5, 0.6) is 0 Å². The minimum atomic E-state index is -0.720. The van der Waals surface area contributed by atoms with Crippen LogP contribution in [0.4, 0.5) is 0 Å². The van der Waals surface area contributed by atoms with E-state index in [9.17, 15) is 9.59 Å². The number of methoxy groups -OCH3 is 1. The molecule has 1 N–H and O–H groups in total. The molecular formula is C18H29N5O3S. The number of ether oxygens (including phenoxy) is 1. The van der Waals surface area contributed by atoms with Gasteiger partial charge in [-0.3, -0.25) is 4.79 Å². The highest BCUT2D eigenvalue weighted by atomic mass is 32.1. The fourth-order valence-corrected chi connectivity index (χ4v) is 3.52. The van der Waals surface area contributed by atoms with E-state index in [1.54, 1.807) is 5.38 Å². The molecule has 0 fully saturated rings. The third-order valence-electron chi connectivity index (χ3n) is 4.71. The van der Waals surface area contributed by atoms with Crippen LogP contribution in [-0.2, 0) is 9.53 Å². The molecule has 150 valence electrons. The summed E-state index contributed by atoms with van der Waals surface area (Å²) in [6.07, 6.45) is 1.41. The normalized spacial score (nSPS) is 15.4. The van der Waals surface area contributed by atoms with Gasteiger partial charge in [-0.15, -0.1) is 11.3 Å². The zero-order valence-electron chi connectivity index (χ0n) is 16.8. The topological polar surface area (TPSA) is 117 Å². The number of nitrogens with zero attached hydrogens (tertiary/aromatic N) is 4. The number of rotatable bonds is 10. The Morgan fingerprint density at radius 2 is 2.04 bits per heavy atom. The van der Waals surface area contributed by atoms with E-state index in [0.717, 1.165) is 11.4 Å². The van der Waals surface area contributed by atoms with E-state index >= 15 is 0 Å². The van der Waals surface area contributed by atoms with Crippen LogP contribution in [-0.4, -0.2) is 36.1 Å². The van der Waals surface area contributed by atoms with E-state index in [-0.39, 0.29) is 29.7 Å². The van der Waals surface area contributed by atoms with Crippen molar-refractivity contribution in [2.24, 2.45) is 17.0 Å². The summed E-state index contributed by atoms with van der Waals surface area (Å²) in [6, 6.07) is -0.819. The van der Waals surface area contributed by atoms with Crippen molar-refractivity contribution in [1.29, 1.82) is 0 Å². The third kappa shape index (κ3) is 6.52. The fraction of sp³-hybridized carbons (Fsp3) is 0.722. The first-order valence-electron chi connectivity index (χ1n) is 9.13. The molecule has 1 amide bonds. The fourth-order valence-electron chi connectivity index (χ4n) is 2.66. The van der Waals surface area contributed by atoms with Gasteiger partial charge < -0.3 is 10.1 Å². The number of aromatic nitrogens is 1. The van der Waals surface area contributed by atoms with E-state index < -0.39 is 12.0 Å². The smallest absolute Gasteiger partial charge is 0.357 e. The van der Waals surface area contributed by atoms with Crippen LogP contribution in [0.25, 0.3) is 10.4 Å². The molecule has 0 unspecified atom stereocenters. The number of azide groups is 1. The maximum absolute atomic E-state index is 12.6. The van der Waals surface area contributed by atoms with Crippen molar-refractivity contribution in [2.45, 2.75) is 65.5 Å². The van der Waals surface area contributed by atoms with E-state index in [1.807, 2.05) is 34.6 Å². The van der Waals surface area contributed by atoms with Crippen molar-refractivity contribution in [3.63, 3.8) is 0 Å². The molecule has 4 atom stereocenters. The molecule has 0 saturated heterocycles. The lowest BCUT2D eigenvalue weighted by atomic mass is 9.92. The summed E-state index contributed by atoms with van der Waals surface area (Å²) in [5, 5.41) is 9.23. The summed E-state index contributed by atoms with van der Waals surface area (Å²) < 4.78 is 4.69. The second-order valence-corrected chi connectivity index (χ2v) is 7.98. The first-order chi connectivity index (χ1) is 12.7. The Labute approximate surface area is 164 Å². The van der Waals surface area contributed by atoms with E-state index in [0.29, 0.717) is 12.1 Å². The number of amides is 1. The average Bonchev–Trinajstić information content (AvgIpc) is 3.14. The molecule has 9 heteroatoms. The Morgan fingerprint density at radius 3 is 2.56 bits per heavy atom. The van der Waals surface area contributed by atoms with Gasteiger partial charge in [-0.25, -0.2) is 9.78 Å². The summed E-state index contributed by atoms with van der Waals surface area (Å²) in [4.78, 5) is 31.4. The number of hydrogen-bond acceptors (Lipinski definition) is 6. The van der Waals surface area contributed by atoms with Gasteiger partial charge in [-0.2, -0.15) is 0 Å². The predicted octanol–water partition coefficient (Wildman–Crippen LogP) is 4.29. The molecule has 0 saturated carbocycles. The van der Waals surface area contributed by atoms with Crippen LogP contribution >= 0.6 is 11.3 Å². The van der Waals surface area contributed by atoms with Crippen molar-refractivity contribution in [3.05, 3.63) is 26.5 Å². The molecule has 1 heterocycles. The van der Waals surface area contributed by atoms with Crippen LogP contribution < -0.4 is 5.32 Å². The molecule has 0 aliphatic heterocycles. The second-order valence-electron chi connectivity index (χ2n) is 7.09. The van der Waals surface area contributed by atoms with Gasteiger partial charge in [-0.05, 0) is 23.8 Å². The molecule has 1 aromatic heterocycles. The predicted molar refractivity (Wildman–Crippen MR) is 106 cm³/mol. The van der Waals surface area contributed by atoms with Crippen LogP contribution in [0.2, 0.25) is 0 Å². The van der Waals surface area contributed by atoms with Gasteiger partial charge in [0.15, 0.2) is 5.69 Å². The molecule has 0 aliphatic carbocycles. The number of carbonyl (C=O) groups excluding carboxylic acids is 2. The minimum absolute atomic E-state index is 0.0345. The van der Waals surface area contributed by atoms with Crippen molar-refractivity contribution in [1.82, 2.24) is 10.3 Å². The molecule has 1 rings (SSSR count). The summed E-state index contributed by atoms with van der Waals surface area (Å²) in [5.74, 6) is -0.484. The number of thiazole rings is 1. The van der Waals surface area contributed by atoms with Gasteiger partial charge in [0.25, 0.3) is 0 Å². The Balaban J connectivity index is 2.86. The van der Waals surface area contributed by atoms with Crippen LogP contribution in [0.15, 0.2) is 10.5 Å². The van der Waals surface area contributed by atoms with E-state index in [4.69, 9.17) is 10.3 Å². The first kappa shape index (κ1) is 22.9. The molecule has 0 spiro atoms. The van der Waals surface area contributed by atoms with Crippen molar-refractivity contribution < 1.29 is 14.3 Å². The summed E-state index contributed by atoms with van der Waals surface area (Å²) in [6.45, 7) is 9.94. The zero-order chi connectivity index (χ0) is 20.6. The number of carbonyl (C=O) groups is 2. The van der Waals surface area contributed by atoms with Gasteiger partial charge in [0.1, 0.15) is 6.04 Å². The third-order valence-corrected chi connectivity index (χ3v) is 5.78. The van der Waals surface area contributed by atoms with Crippen molar-refractivity contribution in [2.75, 3.05) is 7.11 Å². The SMILES string of the molecule is CC[C@H](C)[C@H](N=[N+]=[N-])C(=O)N[C@H](C[C@@H](C)c1nc(C(=O)OC)cs1)C(C)C. The lowest BCUT2D eigenvalue weighted by Crippen LogP contribution is -2.45. The maximum atomic E-state index is 12.6. The second kappa shape index (κ2) is 10.9. The van der Waals surface area contributed by atoms with Gasteiger partial charge in [-0.1, -0.05) is 46.2 Å². The highest BCUT2D eigenvalue weighted by molar-refractivity contribution is 7.09. The Morgan fingerprint density at radius 1 is 1.37 bits per heavy atom. The molecule has 0 aromatic carbocycles. The zero-order valence-corrected chi connectivity index (χ0v) is 17.6. The summed E-state index contributed by atoms with van der Waals surface area (Å²) >= 11 is 1.41. The first-order valence-corrected chi connectivity index (χ1v) is 10.0. The summed E-state index contributed by atoms with van der Waals surface area (Å²) in [7, 11) is 1.33. The van der Waals surface area contributed by atoms with E-state index in [2.05, 4.69) is 20.3 Å². The molecule has 0 aliphatic rings. The number of hydrogen-bond donors (Lipinski definition) is 1. The van der Waals surface area contributed by atoms with Crippen molar-refractivity contribution >= 4 is 23.2 Å². The standard InChI is InChI=1S/C18H29N5O3S/c1-7-11(4)15(22-23-19)16(24)20-13(10(2)3)8-12(5)17-21-14(9-27-17)18(25)26-6/h9-13,15H,7-8H2,1-6H3,(H,20,24)/t11-,12+,13+,15-/m0/s1. The highest BCUT2D eigenvalue weighted by Crippen LogP contribution is 2.27. The molecule has 8 nitrogen and oxygen atoms in total. The molecular weight excluding hydrogens is 366 g/mol. The Kier molecular flexibility index (Phi) is 9.25. The largest absolute Gasteiger partial charge is 0.464 e. The Bertz CT molecular complexity index is 684. The van der Waals surface area contributed by atoms with E-state index in [1.165, 1.54) is 18.4 Å². The minimum Gasteiger partial charge on any atom is -0.464 e. The van der Waals surface area contributed by atoms with Gasteiger partial charge in [0.05, 0.1) is 12.1 Å².